The van der Waals surface area contributed by atoms with Crippen molar-refractivity contribution in [3.05, 3.63) is 59.8 Å². The molecule has 0 N–H and O–H groups in total. The van der Waals surface area contributed by atoms with Gasteiger partial charge in [-0.05, 0) is 45.3 Å². The first kappa shape index (κ1) is 28.8. The number of carbonyl (C=O) groups excluding carboxylic acids is 1. The molecule has 3 aromatic rings. The molecule has 10 nitrogen and oxygen atoms in total. The highest BCUT2D eigenvalue weighted by Gasteiger charge is 2.35. The second-order valence-corrected chi connectivity index (χ2v) is 11.7. The lowest BCUT2D eigenvalue weighted by molar-refractivity contribution is -0.131. The van der Waals surface area contributed by atoms with E-state index in [1.165, 1.54) is 15.8 Å². The zero-order valence-corrected chi connectivity index (χ0v) is 24.8. The second-order valence-electron chi connectivity index (χ2n) is 11.7. The number of carbonyl (C=O) groups is 1. The van der Waals surface area contributed by atoms with Gasteiger partial charge in [0.2, 0.25) is 0 Å². The van der Waals surface area contributed by atoms with Crippen LogP contribution in [0.1, 0.15) is 36.1 Å². The summed E-state index contributed by atoms with van der Waals surface area (Å²) in [5, 5.41) is 11.8. The molecule has 1 amide bonds. The monoisotopic (exact) mass is 584 g/mol. The van der Waals surface area contributed by atoms with Gasteiger partial charge in [-0.1, -0.05) is 24.8 Å². The number of benzene rings is 1. The first-order valence-corrected chi connectivity index (χ1v) is 14.9. The number of hydrogen-bond donors (Lipinski definition) is 0. The Hall–Kier alpha value is -4.30. The molecular formula is C32H37FN8O2. The maximum Gasteiger partial charge on any atom is 0.318 e. The maximum atomic E-state index is 13.8. The Morgan fingerprint density at radius 2 is 2.02 bits per heavy atom. The average molecular weight is 585 g/mol. The van der Waals surface area contributed by atoms with E-state index >= 15 is 0 Å². The molecule has 11 heteroatoms. The van der Waals surface area contributed by atoms with E-state index in [0.717, 1.165) is 54.1 Å². The van der Waals surface area contributed by atoms with Crippen LogP contribution < -0.4 is 14.5 Å². The fourth-order valence-corrected chi connectivity index (χ4v) is 6.67. The van der Waals surface area contributed by atoms with E-state index in [1.807, 2.05) is 12.4 Å². The molecule has 2 aromatic heterocycles. The summed E-state index contributed by atoms with van der Waals surface area (Å²) in [7, 11) is 2.11. The lowest BCUT2D eigenvalue weighted by atomic mass is 10.0. The summed E-state index contributed by atoms with van der Waals surface area (Å²) in [6.45, 7) is 9.26. The molecule has 0 radical (unpaired) electrons. The number of piperazine rings is 1. The largest absolute Gasteiger partial charge is 0.462 e. The van der Waals surface area contributed by atoms with Gasteiger partial charge in [0, 0.05) is 54.8 Å². The number of anilines is 2. The minimum atomic E-state index is -1.01. The molecule has 43 heavy (non-hydrogen) atoms. The van der Waals surface area contributed by atoms with Gasteiger partial charge in [0.05, 0.1) is 42.7 Å². The lowest BCUT2D eigenvalue weighted by Gasteiger charge is -2.42. The molecule has 2 atom stereocenters. The van der Waals surface area contributed by atoms with Crippen LogP contribution in [0.25, 0.3) is 10.8 Å². The average Bonchev–Trinajstić information content (AvgIpc) is 3.43. The number of halogens is 1. The molecule has 2 fully saturated rings. The highest BCUT2D eigenvalue weighted by atomic mass is 19.1. The molecule has 1 aromatic carbocycles. The van der Waals surface area contributed by atoms with Crippen molar-refractivity contribution in [2.24, 2.45) is 0 Å². The predicted octanol–water partition coefficient (Wildman–Crippen LogP) is 3.78. The number of aryl methyl sites for hydroxylation is 1. The van der Waals surface area contributed by atoms with Crippen LogP contribution in [0.5, 0.6) is 6.01 Å². The van der Waals surface area contributed by atoms with Gasteiger partial charge in [0.1, 0.15) is 12.4 Å². The minimum Gasteiger partial charge on any atom is -0.462 e. The molecule has 0 saturated carbocycles. The third-order valence-corrected chi connectivity index (χ3v) is 9.01. The van der Waals surface area contributed by atoms with Crippen molar-refractivity contribution in [1.29, 1.82) is 5.26 Å². The highest BCUT2D eigenvalue weighted by Crippen LogP contribution is 2.35. The highest BCUT2D eigenvalue weighted by molar-refractivity contribution is 5.96. The van der Waals surface area contributed by atoms with Gasteiger partial charge in [0.25, 0.3) is 5.91 Å². The SMILES string of the molecule is C=C(F)C(=O)N1CCN(c2nc(OC[C@@H]3CCCN3C)nc3c2CCN(c2cncc4cccc(C)c24)C3)CC1CC#N. The number of likely N-dealkylation sites (tertiary alicyclic amines) is 1. The van der Waals surface area contributed by atoms with E-state index in [0.29, 0.717) is 44.7 Å². The molecule has 5 heterocycles. The zero-order valence-electron chi connectivity index (χ0n) is 24.8. The van der Waals surface area contributed by atoms with E-state index in [-0.39, 0.29) is 13.0 Å². The Labute approximate surface area is 251 Å². The third-order valence-electron chi connectivity index (χ3n) is 9.01. The normalized spacial score (nSPS) is 20.7. The Balaban J connectivity index is 1.34. The zero-order chi connectivity index (χ0) is 30.1. The quantitative estimate of drug-likeness (QED) is 0.384. The fourth-order valence-electron chi connectivity index (χ4n) is 6.67. The van der Waals surface area contributed by atoms with E-state index in [9.17, 15) is 14.4 Å². The van der Waals surface area contributed by atoms with Gasteiger partial charge in [-0.25, -0.2) is 4.39 Å². The smallest absolute Gasteiger partial charge is 0.318 e. The molecule has 3 aliphatic heterocycles. The molecule has 6 rings (SSSR count). The number of amides is 1. The van der Waals surface area contributed by atoms with Crippen molar-refractivity contribution in [1.82, 2.24) is 24.8 Å². The summed E-state index contributed by atoms with van der Waals surface area (Å²) in [6.07, 6.45) is 6.83. The molecular weight excluding hydrogens is 547 g/mol. The van der Waals surface area contributed by atoms with Crippen LogP contribution in [-0.4, -0.2) is 89.1 Å². The minimum absolute atomic E-state index is 0.0847. The van der Waals surface area contributed by atoms with E-state index < -0.39 is 17.8 Å². The van der Waals surface area contributed by atoms with Crippen molar-refractivity contribution in [3.8, 4) is 12.1 Å². The van der Waals surface area contributed by atoms with Gasteiger partial charge in [-0.15, -0.1) is 0 Å². The Morgan fingerprint density at radius 3 is 2.79 bits per heavy atom. The third kappa shape index (κ3) is 5.71. The first-order valence-electron chi connectivity index (χ1n) is 14.9. The summed E-state index contributed by atoms with van der Waals surface area (Å²) in [6, 6.07) is 8.58. The molecule has 2 saturated heterocycles. The number of likely N-dealkylation sites (N-methyl/N-ethyl adjacent to an activating group) is 1. The van der Waals surface area contributed by atoms with Crippen molar-refractivity contribution in [2.75, 3.05) is 56.2 Å². The summed E-state index contributed by atoms with van der Waals surface area (Å²) in [4.78, 5) is 35.0. The van der Waals surface area contributed by atoms with E-state index in [2.05, 4.69) is 64.5 Å². The standard InChI is InChI=1S/C32H37FN8O2/c1-21-6-4-7-23-16-35-17-28(29(21)23)39-13-10-26-27(19-39)36-32(43-20-25-8-5-12-38(25)3)37-30(26)40-14-15-41(31(42)22(2)33)24(18-40)9-11-34/h4,6-7,16-17,24-25H,2,5,8-10,12-15,18-20H2,1,3H3/t24?,25-/m0/s1. The Morgan fingerprint density at radius 1 is 1.16 bits per heavy atom. The lowest BCUT2D eigenvalue weighted by Crippen LogP contribution is -2.55. The van der Waals surface area contributed by atoms with Crippen LogP contribution in [0.4, 0.5) is 15.9 Å². The van der Waals surface area contributed by atoms with Crippen LogP contribution in [0, 0.1) is 18.3 Å². The number of rotatable bonds is 7. The van der Waals surface area contributed by atoms with Crippen molar-refractivity contribution >= 4 is 28.2 Å². The summed E-state index contributed by atoms with van der Waals surface area (Å²) in [5.74, 6) is -1.01. The molecule has 3 aliphatic rings. The van der Waals surface area contributed by atoms with Crippen LogP contribution in [0.2, 0.25) is 0 Å². The van der Waals surface area contributed by atoms with Crippen molar-refractivity contribution < 1.29 is 13.9 Å². The van der Waals surface area contributed by atoms with Gasteiger partial charge in [-0.3, -0.25) is 9.78 Å². The predicted molar refractivity (Wildman–Crippen MR) is 163 cm³/mol. The topological polar surface area (TPSA) is 102 Å². The van der Waals surface area contributed by atoms with Gasteiger partial charge in [0.15, 0.2) is 5.83 Å². The molecule has 0 aliphatic carbocycles. The molecule has 1 unspecified atom stereocenters. The molecule has 0 bridgehead atoms. The number of nitrogens with zero attached hydrogens (tertiary/aromatic N) is 8. The Bertz CT molecular complexity index is 1580. The van der Waals surface area contributed by atoms with E-state index in [1.54, 1.807) is 0 Å². The van der Waals surface area contributed by atoms with Crippen LogP contribution in [0.15, 0.2) is 43.0 Å². The van der Waals surface area contributed by atoms with E-state index in [4.69, 9.17) is 14.7 Å². The number of ether oxygens (including phenoxy) is 1. The molecule has 224 valence electrons. The van der Waals surface area contributed by atoms with Crippen LogP contribution in [-0.2, 0) is 17.8 Å². The first-order chi connectivity index (χ1) is 20.8. The Kier molecular flexibility index (Phi) is 8.13. The van der Waals surface area contributed by atoms with Crippen molar-refractivity contribution in [2.45, 2.75) is 51.2 Å². The van der Waals surface area contributed by atoms with Gasteiger partial charge < -0.3 is 24.3 Å². The number of hydrogen-bond acceptors (Lipinski definition) is 9. The van der Waals surface area contributed by atoms with Crippen LogP contribution in [0.3, 0.4) is 0 Å². The van der Waals surface area contributed by atoms with Gasteiger partial charge >= 0.3 is 6.01 Å². The van der Waals surface area contributed by atoms with Crippen molar-refractivity contribution in [3.63, 3.8) is 0 Å². The fraction of sp³-hybridized carbons (Fsp3) is 0.469. The number of nitriles is 1. The summed E-state index contributed by atoms with van der Waals surface area (Å²) < 4.78 is 20.1. The second kappa shape index (κ2) is 12.1. The molecule has 0 spiro atoms. The number of pyridine rings is 1. The van der Waals surface area contributed by atoms with Gasteiger partial charge in [-0.2, -0.15) is 15.2 Å². The summed E-state index contributed by atoms with van der Waals surface area (Å²) in [5.41, 5.74) is 4.20. The summed E-state index contributed by atoms with van der Waals surface area (Å²) >= 11 is 0. The number of aromatic nitrogens is 3. The maximum absolute atomic E-state index is 13.8. The van der Waals surface area contributed by atoms with Crippen LogP contribution >= 0.6 is 0 Å². The number of fused-ring (bicyclic) bond motifs is 2.